The van der Waals surface area contributed by atoms with Gasteiger partial charge in [0.2, 0.25) is 0 Å². The Morgan fingerprint density at radius 3 is 2.50 bits per heavy atom. The number of aromatic amines is 1. The third-order valence-corrected chi connectivity index (χ3v) is 4.84. The molecule has 1 aromatic carbocycles. The molecular weight excluding hydrogens is 304 g/mol. The predicted molar refractivity (Wildman–Crippen MR) is 91.7 cm³/mol. The molecule has 1 saturated heterocycles. The van der Waals surface area contributed by atoms with Gasteiger partial charge in [-0.15, -0.1) is 0 Å². The highest BCUT2D eigenvalue weighted by Crippen LogP contribution is 2.39. The molecule has 2 aliphatic rings. The molecule has 24 heavy (non-hydrogen) atoms. The van der Waals surface area contributed by atoms with Crippen molar-refractivity contribution in [3.05, 3.63) is 41.7 Å². The molecule has 6 heteroatoms. The van der Waals surface area contributed by atoms with E-state index in [1.165, 1.54) is 18.5 Å². The van der Waals surface area contributed by atoms with Crippen LogP contribution in [0.15, 0.2) is 30.3 Å². The molecule has 1 aliphatic heterocycles. The average molecular weight is 326 g/mol. The molecule has 6 nitrogen and oxygen atoms in total. The molecule has 4 rings (SSSR count). The molecular formula is C18H22N4O2. The van der Waals surface area contributed by atoms with Crippen LogP contribution in [0.5, 0.6) is 5.75 Å². The number of hydrogen-bond acceptors (Lipinski definition) is 4. The van der Waals surface area contributed by atoms with Gasteiger partial charge in [-0.3, -0.25) is 9.89 Å². The minimum atomic E-state index is 0.0348. The summed E-state index contributed by atoms with van der Waals surface area (Å²) in [5.41, 5.74) is 2.82. The highest BCUT2D eigenvalue weighted by atomic mass is 16.5. The van der Waals surface area contributed by atoms with Crippen LogP contribution in [-0.2, 0) is 0 Å². The molecule has 0 atom stereocenters. The topological polar surface area (TPSA) is 61.5 Å². The summed E-state index contributed by atoms with van der Waals surface area (Å²) in [6, 6.07) is 9.99. The molecule has 2 heterocycles. The Labute approximate surface area is 141 Å². The third kappa shape index (κ3) is 2.96. The van der Waals surface area contributed by atoms with Gasteiger partial charge in [-0.25, -0.2) is 0 Å². The maximum absolute atomic E-state index is 12.6. The van der Waals surface area contributed by atoms with Crippen LogP contribution in [0.4, 0.5) is 5.69 Å². The predicted octanol–water partition coefficient (Wildman–Crippen LogP) is 2.26. The van der Waals surface area contributed by atoms with Crippen molar-refractivity contribution in [3.8, 4) is 5.75 Å². The van der Waals surface area contributed by atoms with Crippen molar-refractivity contribution in [3.63, 3.8) is 0 Å². The SMILES string of the molecule is COc1ccc(N2CCN(C(=O)c3cc(C4CC4)[nH]n3)CC2)cc1. The van der Waals surface area contributed by atoms with E-state index in [0.29, 0.717) is 11.6 Å². The van der Waals surface area contributed by atoms with Crippen LogP contribution < -0.4 is 9.64 Å². The normalized spacial score (nSPS) is 17.9. The number of H-pyrrole nitrogens is 1. The van der Waals surface area contributed by atoms with E-state index in [1.807, 2.05) is 23.1 Å². The number of nitrogens with zero attached hydrogens (tertiary/aromatic N) is 3. The van der Waals surface area contributed by atoms with Crippen molar-refractivity contribution in [1.82, 2.24) is 15.1 Å². The molecule has 0 bridgehead atoms. The number of hydrogen-bond donors (Lipinski definition) is 1. The Morgan fingerprint density at radius 1 is 1.17 bits per heavy atom. The van der Waals surface area contributed by atoms with E-state index in [0.717, 1.165) is 37.6 Å². The summed E-state index contributed by atoms with van der Waals surface area (Å²) in [5, 5.41) is 7.22. The van der Waals surface area contributed by atoms with Gasteiger partial charge in [0.05, 0.1) is 7.11 Å². The summed E-state index contributed by atoms with van der Waals surface area (Å²) >= 11 is 0. The summed E-state index contributed by atoms with van der Waals surface area (Å²) in [6.45, 7) is 3.10. The molecule has 1 amide bonds. The molecule has 1 saturated carbocycles. The maximum Gasteiger partial charge on any atom is 0.274 e. The third-order valence-electron chi connectivity index (χ3n) is 4.84. The molecule has 1 N–H and O–H groups in total. The van der Waals surface area contributed by atoms with Crippen LogP contribution in [0, 0.1) is 0 Å². The van der Waals surface area contributed by atoms with Gasteiger partial charge < -0.3 is 14.5 Å². The second kappa shape index (κ2) is 6.19. The zero-order chi connectivity index (χ0) is 16.5. The first-order chi connectivity index (χ1) is 11.7. The number of carbonyl (C=O) groups is 1. The van der Waals surface area contributed by atoms with Gasteiger partial charge in [0, 0.05) is 43.5 Å². The van der Waals surface area contributed by atoms with E-state index < -0.39 is 0 Å². The average Bonchev–Trinajstić information content (AvgIpc) is 3.38. The molecule has 126 valence electrons. The van der Waals surface area contributed by atoms with Crippen LogP contribution in [0.1, 0.15) is 34.9 Å². The molecule has 0 radical (unpaired) electrons. The van der Waals surface area contributed by atoms with Crippen molar-refractivity contribution in [2.45, 2.75) is 18.8 Å². The number of methoxy groups -OCH3 is 1. The van der Waals surface area contributed by atoms with Crippen molar-refractivity contribution in [2.75, 3.05) is 38.2 Å². The molecule has 2 fully saturated rings. The molecule has 1 aromatic heterocycles. The number of ether oxygens (including phenoxy) is 1. The largest absolute Gasteiger partial charge is 0.497 e. The quantitative estimate of drug-likeness (QED) is 0.936. The van der Waals surface area contributed by atoms with E-state index in [1.54, 1.807) is 7.11 Å². The second-order valence-electron chi connectivity index (χ2n) is 6.46. The van der Waals surface area contributed by atoms with Gasteiger partial charge in [-0.05, 0) is 43.2 Å². The lowest BCUT2D eigenvalue weighted by atomic mass is 10.2. The van der Waals surface area contributed by atoms with Crippen LogP contribution in [0.3, 0.4) is 0 Å². The first-order valence-electron chi connectivity index (χ1n) is 8.48. The summed E-state index contributed by atoms with van der Waals surface area (Å²) in [5.74, 6) is 1.48. The molecule has 0 spiro atoms. The van der Waals surface area contributed by atoms with Crippen LogP contribution >= 0.6 is 0 Å². The number of carbonyl (C=O) groups excluding carboxylic acids is 1. The van der Waals surface area contributed by atoms with Gasteiger partial charge in [0.15, 0.2) is 0 Å². The number of nitrogens with one attached hydrogen (secondary N) is 1. The van der Waals surface area contributed by atoms with Gasteiger partial charge in [-0.1, -0.05) is 0 Å². The molecule has 0 unspecified atom stereocenters. The van der Waals surface area contributed by atoms with Crippen molar-refractivity contribution >= 4 is 11.6 Å². The Bertz CT molecular complexity index is 713. The number of anilines is 1. The Hall–Kier alpha value is -2.50. The first kappa shape index (κ1) is 15.1. The van der Waals surface area contributed by atoms with E-state index in [4.69, 9.17) is 4.74 Å². The fourth-order valence-electron chi connectivity index (χ4n) is 3.17. The Kier molecular flexibility index (Phi) is 3.88. The maximum atomic E-state index is 12.6. The van der Waals surface area contributed by atoms with Crippen LogP contribution in [-0.4, -0.2) is 54.3 Å². The zero-order valence-electron chi connectivity index (χ0n) is 13.9. The summed E-state index contributed by atoms with van der Waals surface area (Å²) in [6.07, 6.45) is 2.41. The fraction of sp³-hybridized carbons (Fsp3) is 0.444. The minimum absolute atomic E-state index is 0.0348. The molecule has 2 aromatic rings. The highest BCUT2D eigenvalue weighted by Gasteiger charge is 2.28. The van der Waals surface area contributed by atoms with E-state index in [-0.39, 0.29) is 5.91 Å². The Balaban J connectivity index is 1.36. The van der Waals surface area contributed by atoms with E-state index in [2.05, 4.69) is 27.2 Å². The molecule has 1 aliphatic carbocycles. The smallest absolute Gasteiger partial charge is 0.274 e. The van der Waals surface area contributed by atoms with Gasteiger partial charge in [-0.2, -0.15) is 5.10 Å². The number of amides is 1. The standard InChI is InChI=1S/C18H22N4O2/c1-24-15-6-4-14(5-7-15)21-8-10-22(11-9-21)18(23)17-12-16(19-20-17)13-2-3-13/h4-7,12-13H,2-3,8-11H2,1H3,(H,19,20). The van der Waals surface area contributed by atoms with Crippen molar-refractivity contribution < 1.29 is 9.53 Å². The highest BCUT2D eigenvalue weighted by molar-refractivity contribution is 5.92. The van der Waals surface area contributed by atoms with Gasteiger partial charge >= 0.3 is 0 Å². The second-order valence-corrected chi connectivity index (χ2v) is 6.46. The van der Waals surface area contributed by atoms with Crippen molar-refractivity contribution in [2.24, 2.45) is 0 Å². The fourth-order valence-corrected chi connectivity index (χ4v) is 3.17. The van der Waals surface area contributed by atoms with Crippen molar-refractivity contribution in [1.29, 1.82) is 0 Å². The monoisotopic (exact) mass is 326 g/mol. The lowest BCUT2D eigenvalue weighted by Crippen LogP contribution is -2.48. The number of aromatic nitrogens is 2. The van der Waals surface area contributed by atoms with E-state index in [9.17, 15) is 4.79 Å². The van der Waals surface area contributed by atoms with Crippen LogP contribution in [0.2, 0.25) is 0 Å². The number of piperazine rings is 1. The van der Waals surface area contributed by atoms with Gasteiger partial charge in [0.25, 0.3) is 5.91 Å². The minimum Gasteiger partial charge on any atom is -0.497 e. The first-order valence-corrected chi connectivity index (χ1v) is 8.48. The Morgan fingerprint density at radius 2 is 1.88 bits per heavy atom. The number of rotatable bonds is 4. The summed E-state index contributed by atoms with van der Waals surface area (Å²) < 4.78 is 5.20. The lowest BCUT2D eigenvalue weighted by Gasteiger charge is -2.35. The number of benzene rings is 1. The van der Waals surface area contributed by atoms with Crippen LogP contribution in [0.25, 0.3) is 0 Å². The lowest BCUT2D eigenvalue weighted by molar-refractivity contribution is 0.0741. The van der Waals surface area contributed by atoms with Gasteiger partial charge in [0.1, 0.15) is 11.4 Å². The summed E-state index contributed by atoms with van der Waals surface area (Å²) in [4.78, 5) is 16.8. The zero-order valence-corrected chi connectivity index (χ0v) is 13.9. The van der Waals surface area contributed by atoms with E-state index >= 15 is 0 Å². The summed E-state index contributed by atoms with van der Waals surface area (Å²) in [7, 11) is 1.67.